The van der Waals surface area contributed by atoms with Gasteiger partial charge in [-0.3, -0.25) is 9.69 Å². The summed E-state index contributed by atoms with van der Waals surface area (Å²) in [4.78, 5) is 13.3. The fraction of sp³-hybridized carbons (Fsp3) is 0.417. The van der Waals surface area contributed by atoms with Crippen LogP contribution in [0.2, 0.25) is 0 Å². The maximum absolute atomic E-state index is 11.3. The predicted octanol–water partition coefficient (Wildman–Crippen LogP) is 1.57. The van der Waals surface area contributed by atoms with Crippen LogP contribution in [-0.4, -0.2) is 31.4 Å². The van der Waals surface area contributed by atoms with E-state index < -0.39 is 0 Å². The van der Waals surface area contributed by atoms with Gasteiger partial charge in [0.05, 0.1) is 12.3 Å². The van der Waals surface area contributed by atoms with Crippen molar-refractivity contribution >= 4 is 5.91 Å². The van der Waals surface area contributed by atoms with Gasteiger partial charge in [-0.2, -0.15) is 0 Å². The second-order valence-electron chi connectivity index (χ2n) is 3.74. The highest BCUT2D eigenvalue weighted by molar-refractivity contribution is 5.87. The SMILES string of the molecule is CC=CC(=O)NCC(c1ccco1)N(C)C. The number of allylic oxidation sites excluding steroid dienone is 1. The molecule has 1 aromatic heterocycles. The summed E-state index contributed by atoms with van der Waals surface area (Å²) in [5, 5.41) is 2.83. The zero-order valence-corrected chi connectivity index (χ0v) is 9.93. The summed E-state index contributed by atoms with van der Waals surface area (Å²) in [5.41, 5.74) is 0. The van der Waals surface area contributed by atoms with E-state index in [0.717, 1.165) is 5.76 Å². The average molecular weight is 222 g/mol. The van der Waals surface area contributed by atoms with Gasteiger partial charge >= 0.3 is 0 Å². The van der Waals surface area contributed by atoms with Crippen LogP contribution in [0.15, 0.2) is 35.0 Å². The molecule has 1 aromatic rings. The molecular weight excluding hydrogens is 204 g/mol. The van der Waals surface area contributed by atoms with E-state index in [1.165, 1.54) is 6.08 Å². The Morgan fingerprint density at radius 3 is 2.88 bits per heavy atom. The molecule has 0 saturated heterocycles. The van der Waals surface area contributed by atoms with Gasteiger partial charge in [0.2, 0.25) is 5.91 Å². The maximum atomic E-state index is 11.3. The van der Waals surface area contributed by atoms with Crippen molar-refractivity contribution in [3.63, 3.8) is 0 Å². The summed E-state index contributed by atoms with van der Waals surface area (Å²) >= 11 is 0. The van der Waals surface area contributed by atoms with Crippen LogP contribution in [0.5, 0.6) is 0 Å². The highest BCUT2D eigenvalue weighted by atomic mass is 16.3. The number of hydrogen-bond acceptors (Lipinski definition) is 3. The summed E-state index contributed by atoms with van der Waals surface area (Å²) in [6, 6.07) is 3.82. The first-order chi connectivity index (χ1) is 7.65. The van der Waals surface area contributed by atoms with E-state index in [1.807, 2.05) is 38.1 Å². The lowest BCUT2D eigenvalue weighted by Gasteiger charge is -2.22. The Hall–Kier alpha value is -1.55. The fourth-order valence-electron chi connectivity index (χ4n) is 1.43. The van der Waals surface area contributed by atoms with Gasteiger partial charge in [0, 0.05) is 6.54 Å². The molecule has 4 heteroatoms. The van der Waals surface area contributed by atoms with E-state index in [-0.39, 0.29) is 11.9 Å². The number of nitrogens with one attached hydrogen (secondary N) is 1. The van der Waals surface area contributed by atoms with Gasteiger partial charge in [0.25, 0.3) is 0 Å². The minimum absolute atomic E-state index is 0.0595. The number of amides is 1. The van der Waals surface area contributed by atoms with Crippen molar-refractivity contribution in [1.82, 2.24) is 10.2 Å². The highest BCUT2D eigenvalue weighted by Crippen LogP contribution is 2.17. The van der Waals surface area contributed by atoms with Crippen LogP contribution in [-0.2, 0) is 4.79 Å². The molecule has 0 spiro atoms. The Morgan fingerprint density at radius 1 is 1.62 bits per heavy atom. The number of carbonyl (C=O) groups excluding carboxylic acids is 1. The molecule has 1 N–H and O–H groups in total. The van der Waals surface area contributed by atoms with Crippen LogP contribution in [0.25, 0.3) is 0 Å². The molecule has 0 bridgehead atoms. The quantitative estimate of drug-likeness (QED) is 0.769. The molecule has 0 aromatic carbocycles. The molecule has 0 aliphatic heterocycles. The standard InChI is InChI=1S/C12H18N2O2/c1-4-6-12(15)13-9-10(14(2)3)11-7-5-8-16-11/h4-8,10H,9H2,1-3H3,(H,13,15). The second kappa shape index (κ2) is 6.12. The van der Waals surface area contributed by atoms with Crippen molar-refractivity contribution in [2.24, 2.45) is 0 Å². The van der Waals surface area contributed by atoms with Crippen LogP contribution < -0.4 is 5.32 Å². The van der Waals surface area contributed by atoms with Crippen molar-refractivity contribution < 1.29 is 9.21 Å². The first-order valence-corrected chi connectivity index (χ1v) is 5.25. The van der Waals surface area contributed by atoms with E-state index in [9.17, 15) is 4.79 Å². The number of nitrogens with zero attached hydrogens (tertiary/aromatic N) is 1. The van der Waals surface area contributed by atoms with Gasteiger partial charge in [0.15, 0.2) is 0 Å². The Morgan fingerprint density at radius 2 is 2.38 bits per heavy atom. The molecule has 1 heterocycles. The molecule has 1 unspecified atom stereocenters. The Kier molecular flexibility index (Phi) is 4.79. The molecule has 0 fully saturated rings. The van der Waals surface area contributed by atoms with Crippen molar-refractivity contribution in [2.45, 2.75) is 13.0 Å². The normalized spacial score (nSPS) is 13.2. The molecule has 4 nitrogen and oxygen atoms in total. The van der Waals surface area contributed by atoms with E-state index in [2.05, 4.69) is 5.32 Å². The maximum Gasteiger partial charge on any atom is 0.243 e. The zero-order valence-electron chi connectivity index (χ0n) is 9.93. The minimum atomic E-state index is -0.0825. The lowest BCUT2D eigenvalue weighted by Crippen LogP contribution is -2.33. The minimum Gasteiger partial charge on any atom is -0.468 e. The smallest absolute Gasteiger partial charge is 0.243 e. The van der Waals surface area contributed by atoms with Crippen molar-refractivity contribution in [2.75, 3.05) is 20.6 Å². The number of furan rings is 1. The topological polar surface area (TPSA) is 45.5 Å². The molecular formula is C12H18N2O2. The number of rotatable bonds is 5. The predicted molar refractivity (Wildman–Crippen MR) is 63.0 cm³/mol. The van der Waals surface area contributed by atoms with Crippen molar-refractivity contribution in [1.29, 1.82) is 0 Å². The van der Waals surface area contributed by atoms with E-state index >= 15 is 0 Å². The van der Waals surface area contributed by atoms with Gasteiger partial charge in [0.1, 0.15) is 5.76 Å². The third-order valence-electron chi connectivity index (χ3n) is 2.28. The number of carbonyl (C=O) groups is 1. The summed E-state index contributed by atoms with van der Waals surface area (Å²) in [7, 11) is 3.91. The lowest BCUT2D eigenvalue weighted by atomic mass is 10.2. The molecule has 0 aliphatic carbocycles. The first-order valence-electron chi connectivity index (χ1n) is 5.25. The molecule has 88 valence electrons. The summed E-state index contributed by atoms with van der Waals surface area (Å²) in [6.45, 7) is 2.35. The first kappa shape index (κ1) is 12.5. The van der Waals surface area contributed by atoms with Gasteiger partial charge < -0.3 is 9.73 Å². The van der Waals surface area contributed by atoms with E-state index in [1.54, 1.807) is 12.3 Å². The van der Waals surface area contributed by atoms with Crippen molar-refractivity contribution in [3.8, 4) is 0 Å². The molecule has 0 saturated carbocycles. The van der Waals surface area contributed by atoms with Gasteiger partial charge in [-0.1, -0.05) is 6.08 Å². The van der Waals surface area contributed by atoms with Crippen molar-refractivity contribution in [3.05, 3.63) is 36.3 Å². The summed E-state index contributed by atoms with van der Waals surface area (Å²) in [6.07, 6.45) is 4.86. The molecule has 16 heavy (non-hydrogen) atoms. The third-order valence-corrected chi connectivity index (χ3v) is 2.28. The van der Waals surface area contributed by atoms with Gasteiger partial charge in [-0.15, -0.1) is 0 Å². The van der Waals surface area contributed by atoms with Crippen LogP contribution >= 0.6 is 0 Å². The van der Waals surface area contributed by atoms with Gasteiger partial charge in [-0.25, -0.2) is 0 Å². The van der Waals surface area contributed by atoms with Gasteiger partial charge in [-0.05, 0) is 39.2 Å². The Balaban J connectivity index is 2.57. The van der Waals surface area contributed by atoms with E-state index in [4.69, 9.17) is 4.42 Å². The molecule has 0 aliphatic rings. The lowest BCUT2D eigenvalue weighted by molar-refractivity contribution is -0.116. The molecule has 1 atom stereocenters. The van der Waals surface area contributed by atoms with Crippen LogP contribution in [0.3, 0.4) is 0 Å². The number of hydrogen-bond donors (Lipinski definition) is 1. The third kappa shape index (κ3) is 3.55. The van der Waals surface area contributed by atoms with Crippen LogP contribution in [0, 0.1) is 0 Å². The number of likely N-dealkylation sites (N-methyl/N-ethyl adjacent to an activating group) is 1. The highest BCUT2D eigenvalue weighted by Gasteiger charge is 2.16. The monoisotopic (exact) mass is 222 g/mol. The average Bonchev–Trinajstić information content (AvgIpc) is 2.71. The Labute approximate surface area is 95.9 Å². The van der Waals surface area contributed by atoms with Crippen LogP contribution in [0.4, 0.5) is 0 Å². The van der Waals surface area contributed by atoms with E-state index in [0.29, 0.717) is 6.54 Å². The Bertz CT molecular complexity index is 342. The summed E-state index contributed by atoms with van der Waals surface area (Å²) < 4.78 is 5.34. The summed E-state index contributed by atoms with van der Waals surface area (Å²) in [5.74, 6) is 0.770. The molecule has 1 amide bonds. The fourth-order valence-corrected chi connectivity index (χ4v) is 1.43. The van der Waals surface area contributed by atoms with Crippen LogP contribution in [0.1, 0.15) is 18.7 Å². The second-order valence-corrected chi connectivity index (χ2v) is 3.74. The zero-order chi connectivity index (χ0) is 12.0. The molecule has 1 rings (SSSR count). The molecule has 0 radical (unpaired) electrons. The largest absolute Gasteiger partial charge is 0.468 e.